The summed E-state index contributed by atoms with van der Waals surface area (Å²) >= 11 is 5.04. The number of rotatable bonds is 8. The highest BCUT2D eigenvalue weighted by atomic mass is 32.1. The van der Waals surface area contributed by atoms with E-state index in [2.05, 4.69) is 16.2 Å². The van der Waals surface area contributed by atoms with Gasteiger partial charge in [-0.2, -0.15) is 0 Å². The van der Waals surface area contributed by atoms with Gasteiger partial charge < -0.3 is 19.5 Å². The van der Waals surface area contributed by atoms with E-state index >= 15 is 0 Å². The summed E-state index contributed by atoms with van der Waals surface area (Å²) in [4.78, 5) is 11.9. The topological polar surface area (TPSA) is 80.9 Å². The summed E-state index contributed by atoms with van der Waals surface area (Å²) in [6.07, 6.45) is 1.03. The predicted octanol–water partition coefficient (Wildman–Crippen LogP) is 0.778. The number of hydrazine groups is 1. The maximum atomic E-state index is 11.9. The molecule has 128 valence electrons. The second-order valence-electron chi connectivity index (χ2n) is 4.64. The lowest BCUT2D eigenvalue weighted by Crippen LogP contribution is -2.47. The van der Waals surface area contributed by atoms with Crippen LogP contribution < -0.4 is 25.6 Å². The molecule has 0 aliphatic heterocycles. The summed E-state index contributed by atoms with van der Waals surface area (Å²) in [5.74, 6) is 0.996. The van der Waals surface area contributed by atoms with Gasteiger partial charge in [0.25, 0.3) is 0 Å². The van der Waals surface area contributed by atoms with Gasteiger partial charge in [-0.15, -0.1) is 0 Å². The first-order valence-electron chi connectivity index (χ1n) is 7.13. The van der Waals surface area contributed by atoms with Crippen LogP contribution in [0.1, 0.15) is 12.0 Å². The molecule has 0 aliphatic carbocycles. The second kappa shape index (κ2) is 10.6. The van der Waals surface area contributed by atoms with Gasteiger partial charge in [-0.3, -0.25) is 15.6 Å². The summed E-state index contributed by atoms with van der Waals surface area (Å²) in [5.41, 5.74) is 6.00. The molecule has 1 aromatic carbocycles. The SMILES string of the molecule is COCCCNC(=S)NNC(=O)Cc1ccc(OC)c(OC)c1. The first-order valence-corrected chi connectivity index (χ1v) is 7.54. The van der Waals surface area contributed by atoms with E-state index in [1.165, 1.54) is 0 Å². The largest absolute Gasteiger partial charge is 0.493 e. The molecule has 0 fully saturated rings. The van der Waals surface area contributed by atoms with Crippen LogP contribution in [0.15, 0.2) is 18.2 Å². The van der Waals surface area contributed by atoms with Crippen molar-refractivity contribution in [3.05, 3.63) is 23.8 Å². The molecule has 3 N–H and O–H groups in total. The van der Waals surface area contributed by atoms with Gasteiger partial charge >= 0.3 is 0 Å². The van der Waals surface area contributed by atoms with Crippen LogP contribution in [0.25, 0.3) is 0 Å². The van der Waals surface area contributed by atoms with Crippen LogP contribution in [-0.4, -0.2) is 45.5 Å². The van der Waals surface area contributed by atoms with Gasteiger partial charge in [0.05, 0.1) is 20.6 Å². The number of nitrogens with one attached hydrogen (secondary N) is 3. The molecule has 0 spiro atoms. The van der Waals surface area contributed by atoms with Crippen LogP contribution in [0.5, 0.6) is 11.5 Å². The van der Waals surface area contributed by atoms with Gasteiger partial charge in [0.1, 0.15) is 0 Å². The van der Waals surface area contributed by atoms with Crippen LogP contribution in [0, 0.1) is 0 Å². The Kier molecular flexibility index (Phi) is 8.78. The van der Waals surface area contributed by atoms with Crippen molar-refractivity contribution in [2.45, 2.75) is 12.8 Å². The van der Waals surface area contributed by atoms with E-state index in [0.29, 0.717) is 29.8 Å². The molecule has 0 atom stereocenters. The van der Waals surface area contributed by atoms with E-state index in [0.717, 1.165) is 12.0 Å². The Balaban J connectivity index is 2.37. The normalized spacial score (nSPS) is 9.87. The summed E-state index contributed by atoms with van der Waals surface area (Å²) in [6, 6.07) is 5.33. The Hall–Kier alpha value is -2.06. The van der Waals surface area contributed by atoms with E-state index < -0.39 is 0 Å². The van der Waals surface area contributed by atoms with Crippen molar-refractivity contribution in [3.8, 4) is 11.5 Å². The molecule has 7 nitrogen and oxygen atoms in total. The second-order valence-corrected chi connectivity index (χ2v) is 5.05. The highest BCUT2D eigenvalue weighted by molar-refractivity contribution is 7.80. The zero-order valence-corrected chi connectivity index (χ0v) is 14.4. The van der Waals surface area contributed by atoms with E-state index in [1.54, 1.807) is 33.5 Å². The van der Waals surface area contributed by atoms with Crippen LogP contribution in [0.2, 0.25) is 0 Å². The quantitative estimate of drug-likeness (QED) is 0.366. The number of carbonyl (C=O) groups is 1. The Morgan fingerprint density at radius 2 is 1.87 bits per heavy atom. The van der Waals surface area contributed by atoms with Gasteiger partial charge in [0.15, 0.2) is 16.6 Å². The molecule has 0 bridgehead atoms. The summed E-state index contributed by atoms with van der Waals surface area (Å²) in [6.45, 7) is 1.33. The number of ether oxygens (including phenoxy) is 3. The van der Waals surface area contributed by atoms with Crippen LogP contribution in [0.4, 0.5) is 0 Å². The fourth-order valence-electron chi connectivity index (χ4n) is 1.81. The fourth-order valence-corrected chi connectivity index (χ4v) is 1.96. The van der Waals surface area contributed by atoms with Crippen molar-refractivity contribution in [1.82, 2.24) is 16.2 Å². The molecule has 1 amide bonds. The minimum Gasteiger partial charge on any atom is -0.493 e. The third-order valence-electron chi connectivity index (χ3n) is 2.94. The molecule has 23 heavy (non-hydrogen) atoms. The van der Waals surface area contributed by atoms with Crippen molar-refractivity contribution in [2.75, 3.05) is 34.5 Å². The Bertz CT molecular complexity index is 525. The van der Waals surface area contributed by atoms with E-state index in [4.69, 9.17) is 26.4 Å². The monoisotopic (exact) mass is 341 g/mol. The Labute approximate surface area is 141 Å². The van der Waals surface area contributed by atoms with E-state index in [-0.39, 0.29) is 12.3 Å². The number of hydrogen-bond acceptors (Lipinski definition) is 5. The highest BCUT2D eigenvalue weighted by Gasteiger charge is 2.08. The number of benzene rings is 1. The smallest absolute Gasteiger partial charge is 0.242 e. The Morgan fingerprint density at radius 1 is 1.13 bits per heavy atom. The van der Waals surface area contributed by atoms with Gasteiger partial charge in [-0.1, -0.05) is 6.07 Å². The zero-order valence-electron chi connectivity index (χ0n) is 13.6. The number of methoxy groups -OCH3 is 3. The predicted molar refractivity (Wildman–Crippen MR) is 91.6 cm³/mol. The maximum absolute atomic E-state index is 11.9. The van der Waals surface area contributed by atoms with Gasteiger partial charge in [-0.05, 0) is 36.3 Å². The average molecular weight is 341 g/mol. The molecule has 1 rings (SSSR count). The first-order chi connectivity index (χ1) is 11.1. The van der Waals surface area contributed by atoms with Gasteiger partial charge in [0, 0.05) is 20.3 Å². The molecule has 0 heterocycles. The molecule has 0 aromatic heterocycles. The molecule has 8 heteroatoms. The van der Waals surface area contributed by atoms with Crippen molar-refractivity contribution in [1.29, 1.82) is 0 Å². The zero-order chi connectivity index (χ0) is 17.1. The lowest BCUT2D eigenvalue weighted by molar-refractivity contribution is -0.121. The van der Waals surface area contributed by atoms with Crippen molar-refractivity contribution in [2.24, 2.45) is 0 Å². The maximum Gasteiger partial charge on any atom is 0.242 e. The summed E-state index contributed by atoms with van der Waals surface area (Å²) < 4.78 is 15.3. The molecule has 0 radical (unpaired) electrons. The number of amides is 1. The first kappa shape index (κ1) is 19.0. The number of carbonyl (C=O) groups excluding carboxylic acids is 1. The molecule has 1 aromatic rings. The van der Waals surface area contributed by atoms with Crippen LogP contribution in [0.3, 0.4) is 0 Å². The lowest BCUT2D eigenvalue weighted by Gasteiger charge is -2.12. The lowest BCUT2D eigenvalue weighted by atomic mass is 10.1. The highest BCUT2D eigenvalue weighted by Crippen LogP contribution is 2.27. The third-order valence-corrected chi connectivity index (χ3v) is 3.19. The third kappa shape index (κ3) is 7.16. The van der Waals surface area contributed by atoms with Crippen LogP contribution in [-0.2, 0) is 16.0 Å². The van der Waals surface area contributed by atoms with Gasteiger partial charge in [-0.25, -0.2) is 0 Å². The summed E-state index contributed by atoms with van der Waals surface area (Å²) in [5, 5.41) is 3.32. The average Bonchev–Trinajstić information content (AvgIpc) is 2.56. The summed E-state index contributed by atoms with van der Waals surface area (Å²) in [7, 11) is 4.76. The number of thiocarbonyl (C=S) groups is 1. The van der Waals surface area contributed by atoms with Crippen molar-refractivity contribution in [3.63, 3.8) is 0 Å². The molecule has 0 aliphatic rings. The molecule has 0 saturated carbocycles. The van der Waals surface area contributed by atoms with Crippen LogP contribution >= 0.6 is 12.2 Å². The van der Waals surface area contributed by atoms with Crippen molar-refractivity contribution < 1.29 is 19.0 Å². The van der Waals surface area contributed by atoms with E-state index in [1.807, 2.05) is 6.07 Å². The van der Waals surface area contributed by atoms with E-state index in [9.17, 15) is 4.79 Å². The molecule has 0 saturated heterocycles. The molecule has 0 unspecified atom stereocenters. The molecular formula is C15H23N3O4S. The number of hydrogen-bond donors (Lipinski definition) is 3. The van der Waals surface area contributed by atoms with Crippen molar-refractivity contribution >= 4 is 23.2 Å². The molecular weight excluding hydrogens is 318 g/mol. The minimum atomic E-state index is -0.210. The standard InChI is InChI=1S/C15H23N3O4S/c1-20-8-4-7-16-15(23)18-17-14(19)10-11-5-6-12(21-2)13(9-11)22-3/h5-6,9H,4,7-8,10H2,1-3H3,(H,17,19)(H2,16,18,23). The van der Waals surface area contributed by atoms with Gasteiger partial charge in [0.2, 0.25) is 5.91 Å². The Morgan fingerprint density at radius 3 is 2.52 bits per heavy atom. The fraction of sp³-hybridized carbons (Fsp3) is 0.467. The minimum absolute atomic E-state index is 0.194.